The molecule has 1 aromatic carbocycles. The highest BCUT2D eigenvalue weighted by atomic mass is 14.4. The Labute approximate surface area is 214 Å². The second-order valence-corrected chi connectivity index (χ2v) is 12.3. The molecule has 0 unspecified atom stereocenters. The van der Waals surface area contributed by atoms with E-state index in [1.54, 1.807) is 36.8 Å². The third kappa shape index (κ3) is 10.5. The summed E-state index contributed by atoms with van der Waals surface area (Å²) >= 11 is 0. The Morgan fingerprint density at radius 1 is 0.471 bits per heavy atom. The van der Waals surface area contributed by atoms with Crippen molar-refractivity contribution in [2.45, 2.75) is 155 Å². The first-order valence-electron chi connectivity index (χ1n) is 15.9. The minimum atomic E-state index is 0.994. The van der Waals surface area contributed by atoms with Crippen LogP contribution in [0.2, 0.25) is 0 Å². The summed E-state index contributed by atoms with van der Waals surface area (Å²) in [4.78, 5) is 0. The van der Waals surface area contributed by atoms with Crippen LogP contribution in [-0.4, -0.2) is 0 Å². The molecule has 2 aliphatic carbocycles. The number of unbranched alkanes of at least 4 members (excludes halogenated alkanes) is 8. The fraction of sp³-hybridized carbons (Fsp3) is 0.824. The molecule has 34 heavy (non-hydrogen) atoms. The molecule has 0 spiro atoms. The number of rotatable bonds is 16. The monoisotopic (exact) mass is 466 g/mol. The Balaban J connectivity index is 1.24. The minimum absolute atomic E-state index is 0.994. The van der Waals surface area contributed by atoms with E-state index in [4.69, 9.17) is 0 Å². The lowest BCUT2D eigenvalue weighted by molar-refractivity contribution is 0.140. The second kappa shape index (κ2) is 16.8. The van der Waals surface area contributed by atoms with Crippen molar-refractivity contribution in [2.75, 3.05) is 0 Å². The molecule has 0 heterocycles. The van der Waals surface area contributed by atoms with Crippen molar-refractivity contribution in [3.63, 3.8) is 0 Å². The van der Waals surface area contributed by atoms with E-state index in [9.17, 15) is 0 Å². The van der Waals surface area contributed by atoms with Crippen molar-refractivity contribution >= 4 is 0 Å². The van der Waals surface area contributed by atoms with Crippen LogP contribution in [0, 0.1) is 23.7 Å². The fourth-order valence-electron chi connectivity index (χ4n) is 7.11. The minimum Gasteiger partial charge on any atom is -0.0654 e. The smallest absolute Gasteiger partial charge is 0.0276 e. The number of hydrogen-bond acceptors (Lipinski definition) is 0. The quantitative estimate of drug-likeness (QED) is 0.212. The van der Waals surface area contributed by atoms with Gasteiger partial charge in [-0.1, -0.05) is 128 Å². The summed E-state index contributed by atoms with van der Waals surface area (Å²) in [5, 5.41) is 0. The molecule has 0 aliphatic heterocycles. The molecule has 0 N–H and O–H groups in total. The fourth-order valence-corrected chi connectivity index (χ4v) is 7.11. The first-order valence-corrected chi connectivity index (χ1v) is 15.9. The first kappa shape index (κ1) is 27.8. The molecule has 3 rings (SSSR count). The van der Waals surface area contributed by atoms with Crippen LogP contribution >= 0.6 is 0 Å². The Kier molecular flexibility index (Phi) is 13.7. The molecule has 2 fully saturated rings. The van der Waals surface area contributed by atoms with Crippen LogP contribution < -0.4 is 0 Å². The summed E-state index contributed by atoms with van der Waals surface area (Å²) in [5.74, 6) is 4.21. The summed E-state index contributed by atoms with van der Waals surface area (Å²) in [5.41, 5.74) is 3.12. The van der Waals surface area contributed by atoms with E-state index in [0.29, 0.717) is 0 Å². The number of aryl methyl sites for hydroxylation is 2. The zero-order chi connectivity index (χ0) is 23.8. The van der Waals surface area contributed by atoms with E-state index in [2.05, 4.69) is 38.1 Å². The van der Waals surface area contributed by atoms with E-state index < -0.39 is 0 Å². The van der Waals surface area contributed by atoms with Crippen molar-refractivity contribution in [1.29, 1.82) is 0 Å². The number of benzene rings is 1. The maximum atomic E-state index is 2.43. The van der Waals surface area contributed by atoms with Gasteiger partial charge in [-0.15, -0.1) is 0 Å². The zero-order valence-corrected chi connectivity index (χ0v) is 23.2. The summed E-state index contributed by atoms with van der Waals surface area (Å²) in [6.45, 7) is 4.62. The van der Waals surface area contributed by atoms with Gasteiger partial charge in [0.15, 0.2) is 0 Å². The van der Waals surface area contributed by atoms with E-state index in [-0.39, 0.29) is 0 Å². The van der Waals surface area contributed by atoms with Gasteiger partial charge in [-0.3, -0.25) is 0 Å². The van der Waals surface area contributed by atoms with Gasteiger partial charge in [0, 0.05) is 0 Å². The Bertz CT molecular complexity index is 597. The third-order valence-corrected chi connectivity index (χ3v) is 9.60. The predicted octanol–water partition coefficient (Wildman–Crippen LogP) is 11.1. The summed E-state index contributed by atoms with van der Waals surface area (Å²) in [6.07, 6.45) is 32.0. The molecule has 0 amide bonds. The average molecular weight is 467 g/mol. The van der Waals surface area contributed by atoms with Gasteiger partial charge >= 0.3 is 0 Å². The van der Waals surface area contributed by atoms with Crippen LogP contribution in [0.25, 0.3) is 0 Å². The van der Waals surface area contributed by atoms with E-state index in [1.165, 1.54) is 116 Å². The Morgan fingerprint density at radius 3 is 1.44 bits per heavy atom. The van der Waals surface area contributed by atoms with Gasteiger partial charge in [0.2, 0.25) is 0 Å². The molecule has 0 heteroatoms. The largest absolute Gasteiger partial charge is 0.0654 e. The van der Waals surface area contributed by atoms with Crippen molar-refractivity contribution in [3.8, 4) is 0 Å². The highest BCUT2D eigenvalue weighted by molar-refractivity contribution is 5.22. The first-order chi connectivity index (χ1) is 16.8. The molecule has 0 aromatic heterocycles. The van der Waals surface area contributed by atoms with Crippen molar-refractivity contribution in [2.24, 2.45) is 23.7 Å². The van der Waals surface area contributed by atoms with Crippen LogP contribution in [0.1, 0.15) is 153 Å². The van der Waals surface area contributed by atoms with Crippen LogP contribution in [-0.2, 0) is 12.8 Å². The second-order valence-electron chi connectivity index (χ2n) is 12.3. The molecule has 1 aromatic rings. The predicted molar refractivity (Wildman–Crippen MR) is 151 cm³/mol. The molecule has 194 valence electrons. The van der Waals surface area contributed by atoms with Crippen molar-refractivity contribution < 1.29 is 0 Å². The SMILES string of the molecule is CCCCCCCc1ccc(CC[C@H]2CC[C@H]([C@H]3CC[C@H](CCCCCCC)CC3)CC2)cc1. The highest BCUT2D eigenvalue weighted by Crippen LogP contribution is 2.43. The van der Waals surface area contributed by atoms with Gasteiger partial charge in [0.05, 0.1) is 0 Å². The molecule has 0 radical (unpaired) electrons. The molecule has 0 atom stereocenters. The maximum absolute atomic E-state index is 2.43. The summed E-state index contributed by atoms with van der Waals surface area (Å²) in [7, 11) is 0. The van der Waals surface area contributed by atoms with Crippen LogP contribution in [0.4, 0.5) is 0 Å². The van der Waals surface area contributed by atoms with Crippen LogP contribution in [0.3, 0.4) is 0 Å². The molecule has 0 bridgehead atoms. The Hall–Kier alpha value is -0.780. The molecular formula is C34H58. The van der Waals surface area contributed by atoms with Crippen LogP contribution in [0.15, 0.2) is 24.3 Å². The van der Waals surface area contributed by atoms with Gasteiger partial charge in [0.1, 0.15) is 0 Å². The lowest BCUT2D eigenvalue weighted by Crippen LogP contribution is -2.26. The van der Waals surface area contributed by atoms with Gasteiger partial charge in [-0.25, -0.2) is 0 Å². The van der Waals surface area contributed by atoms with Crippen LogP contribution in [0.5, 0.6) is 0 Å². The lowest BCUT2D eigenvalue weighted by atomic mass is 9.68. The lowest BCUT2D eigenvalue weighted by Gasteiger charge is -2.38. The summed E-state index contributed by atoms with van der Waals surface area (Å²) < 4.78 is 0. The number of hydrogen-bond donors (Lipinski definition) is 0. The topological polar surface area (TPSA) is 0 Å². The van der Waals surface area contributed by atoms with E-state index in [0.717, 1.165) is 23.7 Å². The van der Waals surface area contributed by atoms with E-state index in [1.807, 2.05) is 0 Å². The maximum Gasteiger partial charge on any atom is -0.0276 e. The zero-order valence-electron chi connectivity index (χ0n) is 23.2. The van der Waals surface area contributed by atoms with Crippen molar-refractivity contribution in [3.05, 3.63) is 35.4 Å². The molecule has 0 nitrogen and oxygen atoms in total. The molecule has 2 saturated carbocycles. The van der Waals surface area contributed by atoms with Gasteiger partial charge in [0.25, 0.3) is 0 Å². The standard InChI is InChI=1S/C34H58/c1-3-5-7-9-11-13-29-15-17-31(18-16-29)19-20-32-23-27-34(28-24-32)33-25-21-30(22-26-33)14-12-10-8-6-4-2/h15-18,30,32-34H,3-14,19-28H2,1-2H3/t30-,32-,33-,34-. The Morgan fingerprint density at radius 2 is 0.912 bits per heavy atom. The van der Waals surface area contributed by atoms with Gasteiger partial charge in [-0.05, 0) is 86.2 Å². The molecular weight excluding hydrogens is 408 g/mol. The van der Waals surface area contributed by atoms with Gasteiger partial charge in [-0.2, -0.15) is 0 Å². The van der Waals surface area contributed by atoms with Gasteiger partial charge < -0.3 is 0 Å². The summed E-state index contributed by atoms with van der Waals surface area (Å²) in [6, 6.07) is 9.67. The normalized spacial score (nSPS) is 25.5. The third-order valence-electron chi connectivity index (χ3n) is 9.60. The molecule has 0 saturated heterocycles. The van der Waals surface area contributed by atoms with E-state index >= 15 is 0 Å². The molecule has 2 aliphatic rings. The van der Waals surface area contributed by atoms with Crippen molar-refractivity contribution in [1.82, 2.24) is 0 Å². The average Bonchev–Trinajstić information content (AvgIpc) is 2.89. The highest BCUT2D eigenvalue weighted by Gasteiger charge is 2.30.